The van der Waals surface area contributed by atoms with Crippen molar-refractivity contribution in [2.75, 3.05) is 39.4 Å². The van der Waals surface area contributed by atoms with Crippen LogP contribution in [0.4, 0.5) is 0 Å². The van der Waals surface area contributed by atoms with Gasteiger partial charge in [-0.3, -0.25) is 4.79 Å². The first-order valence-electron chi connectivity index (χ1n) is 6.46. The predicted molar refractivity (Wildman–Crippen MR) is 70.4 cm³/mol. The molecule has 0 aromatic heterocycles. The fraction of sp³-hybridized carbons (Fsp3) is 0.500. The minimum Gasteiger partial charge on any atom is -0.378 e. The average Bonchev–Trinajstić information content (AvgIpc) is 2.45. The van der Waals surface area contributed by atoms with E-state index in [1.807, 2.05) is 23.1 Å². The van der Waals surface area contributed by atoms with Crippen LogP contribution in [0, 0.1) is 0 Å². The van der Waals surface area contributed by atoms with E-state index in [1.165, 1.54) is 5.56 Å². The molecule has 1 N–H and O–H groups in total. The normalized spacial score (nSPS) is 15.7. The molecular formula is C14H20N2O2. The number of nitrogens with one attached hydrogen (secondary N) is 1. The Kier molecular flexibility index (Phi) is 5.17. The molecule has 4 heteroatoms. The first-order valence-corrected chi connectivity index (χ1v) is 6.46. The lowest BCUT2D eigenvalue weighted by molar-refractivity contribution is -0.134. The van der Waals surface area contributed by atoms with Crippen LogP contribution in [0.5, 0.6) is 0 Å². The minimum atomic E-state index is 0.173. The van der Waals surface area contributed by atoms with Gasteiger partial charge >= 0.3 is 0 Å². The number of hydrogen-bond acceptors (Lipinski definition) is 3. The van der Waals surface area contributed by atoms with E-state index in [4.69, 9.17) is 4.74 Å². The zero-order valence-electron chi connectivity index (χ0n) is 10.6. The van der Waals surface area contributed by atoms with Crippen molar-refractivity contribution in [3.63, 3.8) is 0 Å². The molecule has 0 aliphatic carbocycles. The summed E-state index contributed by atoms with van der Waals surface area (Å²) in [5, 5.41) is 3.20. The molecular weight excluding hydrogens is 228 g/mol. The summed E-state index contributed by atoms with van der Waals surface area (Å²) in [7, 11) is 0. The van der Waals surface area contributed by atoms with Crippen LogP contribution in [-0.2, 0) is 16.0 Å². The first kappa shape index (κ1) is 13.1. The highest BCUT2D eigenvalue weighted by Crippen LogP contribution is 1.99. The molecule has 1 aliphatic heterocycles. The maximum absolute atomic E-state index is 11.8. The summed E-state index contributed by atoms with van der Waals surface area (Å²) < 4.78 is 5.22. The summed E-state index contributed by atoms with van der Waals surface area (Å²) in [5.41, 5.74) is 1.30. The SMILES string of the molecule is O=C(CNCCc1ccccc1)N1CCOCC1. The molecule has 98 valence electrons. The smallest absolute Gasteiger partial charge is 0.236 e. The Morgan fingerprint density at radius 2 is 1.94 bits per heavy atom. The molecule has 0 spiro atoms. The van der Waals surface area contributed by atoms with Crippen LogP contribution in [0.25, 0.3) is 0 Å². The molecule has 4 nitrogen and oxygen atoms in total. The van der Waals surface area contributed by atoms with Gasteiger partial charge in [-0.15, -0.1) is 0 Å². The van der Waals surface area contributed by atoms with E-state index in [0.29, 0.717) is 19.8 Å². The Morgan fingerprint density at radius 1 is 1.22 bits per heavy atom. The molecule has 1 amide bonds. The van der Waals surface area contributed by atoms with Gasteiger partial charge in [-0.2, -0.15) is 0 Å². The molecule has 1 aromatic rings. The van der Waals surface area contributed by atoms with Gasteiger partial charge in [-0.1, -0.05) is 30.3 Å². The van der Waals surface area contributed by atoms with Crippen molar-refractivity contribution in [2.45, 2.75) is 6.42 Å². The standard InChI is InChI=1S/C14H20N2O2/c17-14(16-8-10-18-11-9-16)12-15-7-6-13-4-2-1-3-5-13/h1-5,15H,6-12H2. The fourth-order valence-corrected chi connectivity index (χ4v) is 2.00. The topological polar surface area (TPSA) is 41.6 Å². The summed E-state index contributed by atoms with van der Waals surface area (Å²) in [4.78, 5) is 13.7. The highest BCUT2D eigenvalue weighted by Gasteiger charge is 2.15. The summed E-state index contributed by atoms with van der Waals surface area (Å²) >= 11 is 0. The Balaban J connectivity index is 1.61. The molecule has 1 heterocycles. The summed E-state index contributed by atoms with van der Waals surface area (Å²) in [5.74, 6) is 0.173. The van der Waals surface area contributed by atoms with Gasteiger partial charge in [-0.05, 0) is 18.5 Å². The number of hydrogen-bond donors (Lipinski definition) is 1. The summed E-state index contributed by atoms with van der Waals surface area (Å²) in [6.45, 7) is 4.02. The van der Waals surface area contributed by atoms with Crippen molar-refractivity contribution in [3.05, 3.63) is 35.9 Å². The number of carbonyl (C=O) groups is 1. The van der Waals surface area contributed by atoms with Gasteiger partial charge in [-0.25, -0.2) is 0 Å². The lowest BCUT2D eigenvalue weighted by atomic mass is 10.1. The number of morpholine rings is 1. The van der Waals surface area contributed by atoms with E-state index in [9.17, 15) is 4.79 Å². The molecule has 1 fully saturated rings. The number of benzene rings is 1. The van der Waals surface area contributed by atoms with E-state index in [2.05, 4.69) is 17.4 Å². The van der Waals surface area contributed by atoms with Gasteiger partial charge in [0, 0.05) is 13.1 Å². The van der Waals surface area contributed by atoms with Crippen molar-refractivity contribution in [1.29, 1.82) is 0 Å². The number of nitrogens with zero attached hydrogens (tertiary/aromatic N) is 1. The van der Waals surface area contributed by atoms with Crippen molar-refractivity contribution < 1.29 is 9.53 Å². The lowest BCUT2D eigenvalue weighted by Gasteiger charge is -2.26. The van der Waals surface area contributed by atoms with Crippen LogP contribution in [0.3, 0.4) is 0 Å². The van der Waals surface area contributed by atoms with E-state index in [0.717, 1.165) is 26.1 Å². The van der Waals surface area contributed by atoms with E-state index in [1.54, 1.807) is 0 Å². The Bertz CT molecular complexity index is 361. The van der Waals surface area contributed by atoms with E-state index >= 15 is 0 Å². The molecule has 1 saturated heterocycles. The van der Waals surface area contributed by atoms with Crippen LogP contribution in [0.2, 0.25) is 0 Å². The van der Waals surface area contributed by atoms with Crippen LogP contribution in [0.15, 0.2) is 30.3 Å². The van der Waals surface area contributed by atoms with E-state index < -0.39 is 0 Å². The molecule has 18 heavy (non-hydrogen) atoms. The van der Waals surface area contributed by atoms with Crippen LogP contribution < -0.4 is 5.32 Å². The second-order valence-corrected chi connectivity index (χ2v) is 4.41. The van der Waals surface area contributed by atoms with E-state index in [-0.39, 0.29) is 5.91 Å². The number of carbonyl (C=O) groups excluding carboxylic acids is 1. The van der Waals surface area contributed by atoms with Gasteiger partial charge in [0.15, 0.2) is 0 Å². The zero-order valence-corrected chi connectivity index (χ0v) is 10.6. The Hall–Kier alpha value is -1.39. The number of amides is 1. The van der Waals surface area contributed by atoms with Gasteiger partial charge in [0.1, 0.15) is 0 Å². The molecule has 0 atom stereocenters. The molecule has 1 aromatic carbocycles. The molecule has 0 saturated carbocycles. The van der Waals surface area contributed by atoms with Gasteiger partial charge in [0.05, 0.1) is 19.8 Å². The highest BCUT2D eigenvalue weighted by atomic mass is 16.5. The Morgan fingerprint density at radius 3 is 2.67 bits per heavy atom. The highest BCUT2D eigenvalue weighted by molar-refractivity contribution is 5.78. The van der Waals surface area contributed by atoms with Crippen LogP contribution >= 0.6 is 0 Å². The third-order valence-corrected chi connectivity index (χ3v) is 3.07. The quantitative estimate of drug-likeness (QED) is 0.779. The van der Waals surface area contributed by atoms with Crippen molar-refractivity contribution in [2.24, 2.45) is 0 Å². The fourth-order valence-electron chi connectivity index (χ4n) is 2.00. The van der Waals surface area contributed by atoms with Crippen LogP contribution in [-0.4, -0.2) is 50.2 Å². The average molecular weight is 248 g/mol. The van der Waals surface area contributed by atoms with Crippen molar-refractivity contribution in [1.82, 2.24) is 10.2 Å². The predicted octanol–water partition coefficient (Wildman–Crippen LogP) is 0.677. The minimum absolute atomic E-state index is 0.173. The maximum atomic E-state index is 11.8. The molecule has 0 radical (unpaired) electrons. The molecule has 2 rings (SSSR count). The van der Waals surface area contributed by atoms with Crippen molar-refractivity contribution in [3.8, 4) is 0 Å². The van der Waals surface area contributed by atoms with Gasteiger partial charge in [0.25, 0.3) is 0 Å². The van der Waals surface area contributed by atoms with Gasteiger partial charge < -0.3 is 15.0 Å². The first-order chi connectivity index (χ1) is 8.86. The monoisotopic (exact) mass is 248 g/mol. The third kappa shape index (κ3) is 4.13. The largest absolute Gasteiger partial charge is 0.378 e. The second-order valence-electron chi connectivity index (χ2n) is 4.41. The lowest BCUT2D eigenvalue weighted by Crippen LogP contribution is -2.44. The molecule has 0 unspecified atom stereocenters. The number of ether oxygens (including phenoxy) is 1. The number of rotatable bonds is 5. The summed E-state index contributed by atoms with van der Waals surface area (Å²) in [6.07, 6.45) is 0.956. The van der Waals surface area contributed by atoms with Gasteiger partial charge in [0.2, 0.25) is 5.91 Å². The Labute approximate surface area is 108 Å². The molecule has 0 bridgehead atoms. The van der Waals surface area contributed by atoms with Crippen LogP contribution in [0.1, 0.15) is 5.56 Å². The van der Waals surface area contributed by atoms with Crippen molar-refractivity contribution >= 4 is 5.91 Å². The zero-order chi connectivity index (χ0) is 12.6. The second kappa shape index (κ2) is 7.13. The third-order valence-electron chi connectivity index (χ3n) is 3.07. The summed E-state index contributed by atoms with van der Waals surface area (Å²) in [6, 6.07) is 10.3. The molecule has 1 aliphatic rings. The maximum Gasteiger partial charge on any atom is 0.236 e.